The smallest absolute Gasteiger partial charge is 0.0307 e. The van der Waals surface area contributed by atoms with Crippen LogP contribution in [0.5, 0.6) is 0 Å². The molecule has 0 aliphatic heterocycles. The van der Waals surface area contributed by atoms with Crippen molar-refractivity contribution in [3.63, 3.8) is 0 Å². The number of benzene rings is 2. The Balaban J connectivity index is 0.000000289. The number of hydrogen-bond donors (Lipinski definition) is 0. The lowest BCUT2D eigenvalue weighted by atomic mass is 10.1. The Labute approximate surface area is 118 Å². The highest BCUT2D eigenvalue weighted by molar-refractivity contribution is 5.20. The van der Waals surface area contributed by atoms with Gasteiger partial charge in [0.15, 0.2) is 0 Å². The largest absolute Gasteiger partial charge is 0.103 e. The van der Waals surface area contributed by atoms with Crippen LogP contribution in [0.3, 0.4) is 0 Å². The zero-order valence-electron chi connectivity index (χ0n) is 12.7. The molecule has 102 valence electrons. The fourth-order valence-electron chi connectivity index (χ4n) is 1.36. The van der Waals surface area contributed by atoms with Gasteiger partial charge in [0, 0.05) is 0 Å². The number of rotatable bonds is 1. The average molecular weight is 254 g/mol. The summed E-state index contributed by atoms with van der Waals surface area (Å²) in [6, 6.07) is 18.9. The van der Waals surface area contributed by atoms with E-state index in [0.717, 1.165) is 6.42 Å². The minimum absolute atomic E-state index is 1.14. The van der Waals surface area contributed by atoms with Gasteiger partial charge in [-0.15, -0.1) is 6.58 Å². The maximum Gasteiger partial charge on any atom is -0.0307 e. The zero-order chi connectivity index (χ0) is 14.5. The molecule has 2 aromatic carbocycles. The Morgan fingerprint density at radius 1 is 0.842 bits per heavy atom. The first kappa shape index (κ1) is 17.2. The Hall–Kier alpha value is -1.82. The van der Waals surface area contributed by atoms with Gasteiger partial charge in [0.1, 0.15) is 0 Å². The van der Waals surface area contributed by atoms with Gasteiger partial charge >= 0.3 is 0 Å². The molecule has 0 unspecified atom stereocenters. The van der Waals surface area contributed by atoms with E-state index >= 15 is 0 Å². The fraction of sp³-hybridized carbons (Fsp3) is 0.263. The van der Waals surface area contributed by atoms with E-state index in [1.807, 2.05) is 25.1 Å². The summed E-state index contributed by atoms with van der Waals surface area (Å²) in [6.45, 7) is 11.6. The van der Waals surface area contributed by atoms with Crippen molar-refractivity contribution in [1.29, 1.82) is 0 Å². The van der Waals surface area contributed by atoms with Gasteiger partial charge in [-0.25, -0.2) is 0 Å². The molecule has 0 aromatic heterocycles. The van der Waals surface area contributed by atoms with E-state index in [-0.39, 0.29) is 0 Å². The summed E-state index contributed by atoms with van der Waals surface area (Å²) in [7, 11) is 0. The standard InChI is InChI=1S/C9H12.C7H8.C3H6/c1-3-9-6-4-8(2)5-7-9;1-7-5-3-2-4-6-7;1-3-2/h4-7H,3H2,1-2H3;2-6H,1H3;3H,1H2,2H3. The molecule has 0 radical (unpaired) electrons. The summed E-state index contributed by atoms with van der Waals surface area (Å²) in [5, 5.41) is 0. The van der Waals surface area contributed by atoms with E-state index in [0.29, 0.717) is 0 Å². The normalized spacial score (nSPS) is 8.42. The summed E-state index contributed by atoms with van der Waals surface area (Å²) in [5.74, 6) is 0. The van der Waals surface area contributed by atoms with Crippen molar-refractivity contribution in [2.24, 2.45) is 0 Å². The van der Waals surface area contributed by atoms with Gasteiger partial charge in [-0.2, -0.15) is 0 Å². The van der Waals surface area contributed by atoms with Crippen LogP contribution >= 0.6 is 0 Å². The average Bonchev–Trinajstić information content (AvgIpc) is 2.42. The third kappa shape index (κ3) is 9.84. The first-order chi connectivity index (χ1) is 9.13. The van der Waals surface area contributed by atoms with Crippen LogP contribution in [0.4, 0.5) is 0 Å². The maximum absolute atomic E-state index is 3.36. The van der Waals surface area contributed by atoms with Crippen molar-refractivity contribution in [1.82, 2.24) is 0 Å². The second-order valence-corrected chi connectivity index (χ2v) is 4.40. The second kappa shape index (κ2) is 11.3. The third-order valence-electron chi connectivity index (χ3n) is 2.47. The highest BCUT2D eigenvalue weighted by atomic mass is 13.9. The van der Waals surface area contributed by atoms with Crippen molar-refractivity contribution in [3.05, 3.63) is 83.9 Å². The summed E-state index contributed by atoms with van der Waals surface area (Å²) >= 11 is 0. The van der Waals surface area contributed by atoms with Crippen LogP contribution in [-0.4, -0.2) is 0 Å². The summed E-state index contributed by atoms with van der Waals surface area (Å²) in [5.41, 5.74) is 4.08. The molecule has 19 heavy (non-hydrogen) atoms. The monoisotopic (exact) mass is 254 g/mol. The van der Waals surface area contributed by atoms with Gasteiger partial charge in [-0.1, -0.05) is 78.7 Å². The van der Waals surface area contributed by atoms with Crippen molar-refractivity contribution in [3.8, 4) is 0 Å². The molecule has 0 aliphatic rings. The van der Waals surface area contributed by atoms with Crippen LogP contribution in [0.25, 0.3) is 0 Å². The number of hydrogen-bond acceptors (Lipinski definition) is 0. The van der Waals surface area contributed by atoms with E-state index in [1.54, 1.807) is 6.08 Å². The molecule has 0 aliphatic carbocycles. The van der Waals surface area contributed by atoms with E-state index < -0.39 is 0 Å². The minimum Gasteiger partial charge on any atom is -0.103 e. The summed E-state index contributed by atoms with van der Waals surface area (Å²) in [4.78, 5) is 0. The summed E-state index contributed by atoms with van der Waals surface area (Å²) < 4.78 is 0. The Morgan fingerprint density at radius 3 is 1.58 bits per heavy atom. The molecule has 0 atom stereocenters. The van der Waals surface area contributed by atoms with Crippen molar-refractivity contribution >= 4 is 0 Å². The topological polar surface area (TPSA) is 0 Å². The molecule has 0 spiro atoms. The molecule has 0 bridgehead atoms. The zero-order valence-corrected chi connectivity index (χ0v) is 12.7. The van der Waals surface area contributed by atoms with Crippen LogP contribution in [-0.2, 0) is 6.42 Å². The molecule has 0 fully saturated rings. The maximum atomic E-state index is 3.36. The van der Waals surface area contributed by atoms with E-state index in [4.69, 9.17) is 0 Å². The molecule has 2 aromatic rings. The molecule has 0 saturated carbocycles. The highest BCUT2D eigenvalue weighted by Gasteiger charge is 1.84. The van der Waals surface area contributed by atoms with Gasteiger partial charge in [-0.3, -0.25) is 0 Å². The SMILES string of the molecule is C=CC.CCc1ccc(C)cc1.Cc1ccccc1. The highest BCUT2D eigenvalue weighted by Crippen LogP contribution is 2.02. The molecular weight excluding hydrogens is 228 g/mol. The predicted octanol–water partition coefficient (Wildman–Crippen LogP) is 5.74. The predicted molar refractivity (Wildman–Crippen MR) is 87.6 cm³/mol. The number of aryl methyl sites for hydroxylation is 3. The molecule has 0 heteroatoms. The van der Waals surface area contributed by atoms with Gasteiger partial charge in [-0.05, 0) is 32.8 Å². The van der Waals surface area contributed by atoms with Crippen LogP contribution in [0.15, 0.2) is 67.3 Å². The lowest BCUT2D eigenvalue weighted by Gasteiger charge is -1.94. The van der Waals surface area contributed by atoms with E-state index in [9.17, 15) is 0 Å². The Morgan fingerprint density at radius 2 is 1.26 bits per heavy atom. The van der Waals surface area contributed by atoms with Crippen LogP contribution < -0.4 is 0 Å². The second-order valence-electron chi connectivity index (χ2n) is 4.40. The van der Waals surface area contributed by atoms with Crippen LogP contribution in [0.1, 0.15) is 30.5 Å². The lowest BCUT2D eigenvalue weighted by Crippen LogP contribution is -1.77. The molecule has 0 heterocycles. The number of allylic oxidation sites excluding steroid dienone is 1. The first-order valence-corrected chi connectivity index (χ1v) is 6.78. The molecule has 0 nitrogen and oxygen atoms in total. The van der Waals surface area contributed by atoms with Gasteiger partial charge < -0.3 is 0 Å². The Kier molecular flexibility index (Phi) is 10.2. The van der Waals surface area contributed by atoms with Crippen molar-refractivity contribution < 1.29 is 0 Å². The van der Waals surface area contributed by atoms with Crippen LogP contribution in [0, 0.1) is 13.8 Å². The van der Waals surface area contributed by atoms with Crippen LogP contribution in [0.2, 0.25) is 0 Å². The van der Waals surface area contributed by atoms with Crippen molar-refractivity contribution in [2.75, 3.05) is 0 Å². The molecule has 0 saturated heterocycles. The van der Waals surface area contributed by atoms with Crippen molar-refractivity contribution in [2.45, 2.75) is 34.1 Å². The third-order valence-corrected chi connectivity index (χ3v) is 2.47. The Bertz CT molecular complexity index is 423. The molecule has 0 amide bonds. The lowest BCUT2D eigenvalue weighted by molar-refractivity contribution is 1.14. The fourth-order valence-corrected chi connectivity index (χ4v) is 1.36. The van der Waals surface area contributed by atoms with E-state index in [2.05, 4.69) is 63.7 Å². The molecule has 0 N–H and O–H groups in total. The molecular formula is C19H26. The van der Waals surface area contributed by atoms with Gasteiger partial charge in [0.05, 0.1) is 0 Å². The molecule has 2 rings (SSSR count). The van der Waals surface area contributed by atoms with Gasteiger partial charge in [0.2, 0.25) is 0 Å². The first-order valence-electron chi connectivity index (χ1n) is 6.78. The van der Waals surface area contributed by atoms with E-state index in [1.165, 1.54) is 16.7 Å². The minimum atomic E-state index is 1.14. The quantitative estimate of drug-likeness (QED) is 0.569. The summed E-state index contributed by atoms with van der Waals surface area (Å²) in [6.07, 6.45) is 2.89. The van der Waals surface area contributed by atoms with Gasteiger partial charge in [0.25, 0.3) is 0 Å².